The zero-order valence-electron chi connectivity index (χ0n) is 16.7. The molecule has 3 aromatic rings. The lowest BCUT2D eigenvalue weighted by Crippen LogP contribution is -2.34. The molecule has 0 saturated carbocycles. The highest BCUT2D eigenvalue weighted by Gasteiger charge is 2.18. The van der Waals surface area contributed by atoms with Gasteiger partial charge in [-0.25, -0.2) is 0 Å². The van der Waals surface area contributed by atoms with E-state index in [1.165, 1.54) is 7.11 Å². The summed E-state index contributed by atoms with van der Waals surface area (Å²) in [4.78, 5) is 19.0. The third kappa shape index (κ3) is 6.11. The molecule has 6 nitrogen and oxygen atoms in total. The number of nitrogens with zero attached hydrogens (tertiary/aromatic N) is 3. The molecule has 0 radical (unpaired) electrons. The van der Waals surface area contributed by atoms with Crippen molar-refractivity contribution in [2.24, 2.45) is 0 Å². The fourth-order valence-electron chi connectivity index (χ4n) is 2.86. The summed E-state index contributed by atoms with van der Waals surface area (Å²) >= 11 is 12.1. The van der Waals surface area contributed by atoms with E-state index >= 15 is 0 Å². The van der Waals surface area contributed by atoms with E-state index < -0.39 is 0 Å². The van der Waals surface area contributed by atoms with Crippen LogP contribution < -0.4 is 9.47 Å². The van der Waals surface area contributed by atoms with Crippen LogP contribution in [-0.4, -0.2) is 29.5 Å². The maximum Gasteiger partial charge on any atom is 0.261 e. The van der Waals surface area contributed by atoms with Gasteiger partial charge in [-0.05, 0) is 42.0 Å². The lowest BCUT2D eigenvalue weighted by molar-refractivity contribution is -0.134. The molecule has 0 spiro atoms. The average Bonchev–Trinajstić information content (AvgIpc) is 2.80. The molecular weight excluding hydrogens is 437 g/mol. The quantitative estimate of drug-likeness (QED) is 0.483. The molecule has 8 heteroatoms. The number of amides is 1. The van der Waals surface area contributed by atoms with Crippen molar-refractivity contribution in [1.82, 2.24) is 9.88 Å². The third-order valence-electron chi connectivity index (χ3n) is 4.43. The Morgan fingerprint density at radius 3 is 2.58 bits per heavy atom. The smallest absolute Gasteiger partial charge is 0.261 e. The topological polar surface area (TPSA) is 75.5 Å². The second-order valence-electron chi connectivity index (χ2n) is 6.59. The number of carbonyl (C=O) groups is 1. The van der Waals surface area contributed by atoms with Crippen molar-refractivity contribution in [2.75, 3.05) is 13.7 Å². The standard InChI is InChI=1S/C23H19Cl2N3O3/c1-30-22-11-16(12-26)6-8-21(22)31-15-23(29)28(14-18-4-2-3-9-27-18)13-17-5-7-19(24)20(25)10-17/h2-11H,13-15H2,1H3. The van der Waals surface area contributed by atoms with Crippen LogP contribution in [-0.2, 0) is 17.9 Å². The zero-order chi connectivity index (χ0) is 22.2. The highest BCUT2D eigenvalue weighted by molar-refractivity contribution is 6.42. The minimum Gasteiger partial charge on any atom is -0.493 e. The molecule has 0 fully saturated rings. The summed E-state index contributed by atoms with van der Waals surface area (Å²) in [6, 6.07) is 17.6. The van der Waals surface area contributed by atoms with Crippen LogP contribution in [0.2, 0.25) is 10.0 Å². The van der Waals surface area contributed by atoms with Gasteiger partial charge in [0.25, 0.3) is 5.91 Å². The normalized spacial score (nSPS) is 10.3. The number of benzene rings is 2. The molecule has 0 aliphatic rings. The number of ether oxygens (including phenoxy) is 2. The fourth-order valence-corrected chi connectivity index (χ4v) is 3.19. The van der Waals surface area contributed by atoms with Crippen LogP contribution in [0, 0.1) is 11.3 Å². The molecule has 3 rings (SSSR count). The van der Waals surface area contributed by atoms with Crippen molar-refractivity contribution in [1.29, 1.82) is 5.26 Å². The van der Waals surface area contributed by atoms with Crippen molar-refractivity contribution in [3.05, 3.63) is 87.7 Å². The Balaban J connectivity index is 1.77. The lowest BCUT2D eigenvalue weighted by atomic mass is 10.2. The molecule has 0 atom stereocenters. The van der Waals surface area contributed by atoms with Crippen LogP contribution in [0.4, 0.5) is 0 Å². The molecule has 31 heavy (non-hydrogen) atoms. The molecule has 1 heterocycles. The second-order valence-corrected chi connectivity index (χ2v) is 7.40. The molecule has 1 amide bonds. The summed E-state index contributed by atoms with van der Waals surface area (Å²) in [5, 5.41) is 9.89. The minimum absolute atomic E-state index is 0.212. The van der Waals surface area contributed by atoms with Gasteiger partial charge in [0.2, 0.25) is 0 Å². The minimum atomic E-state index is -0.247. The maximum absolute atomic E-state index is 13.0. The number of halogens is 2. The predicted molar refractivity (Wildman–Crippen MR) is 118 cm³/mol. The molecule has 0 N–H and O–H groups in total. The summed E-state index contributed by atoms with van der Waals surface area (Å²) in [6.45, 7) is 0.393. The van der Waals surface area contributed by atoms with E-state index in [0.717, 1.165) is 11.3 Å². The van der Waals surface area contributed by atoms with Gasteiger partial charge in [-0.3, -0.25) is 9.78 Å². The summed E-state index contributed by atoms with van der Waals surface area (Å²) < 4.78 is 11.0. The van der Waals surface area contributed by atoms with Gasteiger partial charge in [-0.1, -0.05) is 35.3 Å². The summed E-state index contributed by atoms with van der Waals surface area (Å²) in [5.41, 5.74) is 2.01. The highest BCUT2D eigenvalue weighted by Crippen LogP contribution is 2.28. The van der Waals surface area contributed by atoms with Gasteiger partial charge in [-0.15, -0.1) is 0 Å². The summed E-state index contributed by atoms with van der Waals surface area (Å²) in [5.74, 6) is 0.512. The van der Waals surface area contributed by atoms with Crippen molar-refractivity contribution >= 4 is 29.1 Å². The van der Waals surface area contributed by atoms with Gasteiger partial charge in [-0.2, -0.15) is 5.26 Å². The molecule has 0 saturated heterocycles. The van der Waals surface area contributed by atoms with Gasteiger partial charge in [0.15, 0.2) is 18.1 Å². The molecule has 0 unspecified atom stereocenters. The van der Waals surface area contributed by atoms with E-state index in [0.29, 0.717) is 40.2 Å². The van der Waals surface area contributed by atoms with E-state index in [1.807, 2.05) is 30.3 Å². The number of hydrogen-bond donors (Lipinski definition) is 0. The first-order valence-corrected chi connectivity index (χ1v) is 10.1. The molecule has 0 bridgehead atoms. The molecule has 0 aliphatic carbocycles. The SMILES string of the molecule is COc1cc(C#N)ccc1OCC(=O)N(Cc1ccc(Cl)c(Cl)c1)Cc1ccccn1. The Labute approximate surface area is 190 Å². The second kappa shape index (κ2) is 10.7. The van der Waals surface area contributed by atoms with Gasteiger partial charge in [0.1, 0.15) is 0 Å². The zero-order valence-corrected chi connectivity index (χ0v) is 18.2. The van der Waals surface area contributed by atoms with E-state index in [1.54, 1.807) is 41.4 Å². The number of hydrogen-bond acceptors (Lipinski definition) is 5. The number of carbonyl (C=O) groups excluding carboxylic acids is 1. The van der Waals surface area contributed by atoms with Gasteiger partial charge < -0.3 is 14.4 Å². The van der Waals surface area contributed by atoms with Crippen molar-refractivity contribution < 1.29 is 14.3 Å². The number of nitriles is 1. The number of pyridine rings is 1. The first-order valence-electron chi connectivity index (χ1n) is 9.32. The van der Waals surface area contributed by atoms with Gasteiger partial charge in [0.05, 0.1) is 41.0 Å². The lowest BCUT2D eigenvalue weighted by Gasteiger charge is -2.23. The number of rotatable bonds is 8. The van der Waals surface area contributed by atoms with E-state index in [2.05, 4.69) is 4.98 Å². The number of aromatic nitrogens is 1. The first kappa shape index (κ1) is 22.4. The predicted octanol–water partition coefficient (Wildman–Crippen LogP) is 4.88. The van der Waals surface area contributed by atoms with E-state index in [9.17, 15) is 4.79 Å². The largest absolute Gasteiger partial charge is 0.493 e. The Morgan fingerprint density at radius 2 is 1.90 bits per heavy atom. The molecule has 158 valence electrons. The molecular formula is C23H19Cl2N3O3. The average molecular weight is 456 g/mol. The molecule has 1 aromatic heterocycles. The Morgan fingerprint density at radius 1 is 1.06 bits per heavy atom. The van der Waals surface area contributed by atoms with Crippen LogP contribution in [0.3, 0.4) is 0 Å². The monoisotopic (exact) mass is 455 g/mol. The van der Waals surface area contributed by atoms with Crippen LogP contribution in [0.15, 0.2) is 60.8 Å². The summed E-state index contributed by atoms with van der Waals surface area (Å²) in [7, 11) is 1.48. The van der Waals surface area contributed by atoms with Crippen molar-refractivity contribution in [3.63, 3.8) is 0 Å². The first-order chi connectivity index (χ1) is 15.0. The Hall–Kier alpha value is -3.27. The van der Waals surface area contributed by atoms with Gasteiger partial charge in [0, 0.05) is 18.8 Å². The number of methoxy groups -OCH3 is 1. The molecule has 2 aromatic carbocycles. The van der Waals surface area contributed by atoms with Crippen LogP contribution in [0.25, 0.3) is 0 Å². The maximum atomic E-state index is 13.0. The van der Waals surface area contributed by atoms with Gasteiger partial charge >= 0.3 is 0 Å². The van der Waals surface area contributed by atoms with E-state index in [4.69, 9.17) is 37.9 Å². The highest BCUT2D eigenvalue weighted by atomic mass is 35.5. The van der Waals surface area contributed by atoms with Crippen molar-refractivity contribution in [3.8, 4) is 17.6 Å². The van der Waals surface area contributed by atoms with E-state index in [-0.39, 0.29) is 12.5 Å². The Kier molecular flexibility index (Phi) is 7.71. The summed E-state index contributed by atoms with van der Waals surface area (Å²) in [6.07, 6.45) is 1.68. The van der Waals surface area contributed by atoms with Crippen LogP contribution in [0.5, 0.6) is 11.5 Å². The third-order valence-corrected chi connectivity index (χ3v) is 5.17. The molecule has 0 aliphatic heterocycles. The van der Waals surface area contributed by atoms with Crippen molar-refractivity contribution in [2.45, 2.75) is 13.1 Å². The fraction of sp³-hybridized carbons (Fsp3) is 0.174. The Bertz CT molecular complexity index is 1100. The van der Waals surface area contributed by atoms with Crippen LogP contribution >= 0.6 is 23.2 Å². The van der Waals surface area contributed by atoms with Crippen LogP contribution in [0.1, 0.15) is 16.8 Å².